The molecule has 0 fully saturated rings. The minimum atomic E-state index is -0.529. The number of hydrogen-bond donors (Lipinski definition) is 2. The molecule has 3 N–H and O–H groups in total. The number of hydrogen-bond acceptors (Lipinski definition) is 2. The van der Waals surface area contributed by atoms with Gasteiger partial charge in [-0.05, 0) is 37.1 Å². The Hall–Kier alpha value is -1.71. The van der Waals surface area contributed by atoms with Crippen LogP contribution in [0.4, 0.5) is 4.79 Å². The molecule has 15 heavy (non-hydrogen) atoms. The summed E-state index contributed by atoms with van der Waals surface area (Å²) in [5.74, 6) is 0.818. The van der Waals surface area contributed by atoms with E-state index in [4.69, 9.17) is 10.5 Å². The van der Waals surface area contributed by atoms with Crippen molar-refractivity contribution in [1.82, 2.24) is 5.32 Å². The zero-order chi connectivity index (χ0) is 11.3. The van der Waals surface area contributed by atoms with Gasteiger partial charge >= 0.3 is 6.03 Å². The normalized spacial score (nSPS) is 9.73. The van der Waals surface area contributed by atoms with Crippen LogP contribution in [-0.4, -0.2) is 19.2 Å². The van der Waals surface area contributed by atoms with Crippen LogP contribution in [0.2, 0.25) is 0 Å². The van der Waals surface area contributed by atoms with E-state index in [2.05, 4.69) is 11.4 Å². The highest BCUT2D eigenvalue weighted by Gasteiger charge is 1.97. The van der Waals surface area contributed by atoms with Crippen LogP contribution in [0.25, 0.3) is 0 Å². The molecule has 0 saturated carbocycles. The average molecular weight is 208 g/mol. The first-order valence-electron chi connectivity index (χ1n) is 4.82. The minimum absolute atomic E-state index is 0.419. The van der Waals surface area contributed by atoms with E-state index in [1.54, 1.807) is 0 Å². The molecule has 0 heterocycles. The van der Waals surface area contributed by atoms with E-state index < -0.39 is 6.03 Å². The maximum atomic E-state index is 10.4. The van der Waals surface area contributed by atoms with Gasteiger partial charge < -0.3 is 15.8 Å². The topological polar surface area (TPSA) is 64.3 Å². The summed E-state index contributed by atoms with van der Waals surface area (Å²) in [5.41, 5.74) is 7.23. The van der Waals surface area contributed by atoms with E-state index in [0.717, 1.165) is 16.9 Å². The van der Waals surface area contributed by atoms with Crippen LogP contribution in [0.5, 0.6) is 5.75 Å². The number of amides is 2. The predicted octanol–water partition coefficient (Wildman–Crippen LogP) is 1.35. The van der Waals surface area contributed by atoms with Crippen molar-refractivity contribution < 1.29 is 9.53 Å². The number of benzene rings is 1. The number of carbonyl (C=O) groups excluding carboxylic acids is 1. The van der Waals surface area contributed by atoms with E-state index in [1.807, 2.05) is 26.0 Å². The summed E-state index contributed by atoms with van der Waals surface area (Å²) in [7, 11) is 0. The van der Waals surface area contributed by atoms with Crippen molar-refractivity contribution in [3.8, 4) is 5.75 Å². The minimum Gasteiger partial charge on any atom is -0.492 e. The Kier molecular flexibility index (Phi) is 3.97. The van der Waals surface area contributed by atoms with Crippen LogP contribution in [0.3, 0.4) is 0 Å². The molecule has 0 saturated heterocycles. The molecule has 2 amide bonds. The monoisotopic (exact) mass is 208 g/mol. The summed E-state index contributed by atoms with van der Waals surface area (Å²) in [4.78, 5) is 10.4. The smallest absolute Gasteiger partial charge is 0.312 e. The Bertz CT molecular complexity index is 330. The van der Waals surface area contributed by atoms with Gasteiger partial charge in [0.25, 0.3) is 0 Å². The lowest BCUT2D eigenvalue weighted by atomic mass is 10.1. The van der Waals surface area contributed by atoms with Crippen LogP contribution < -0.4 is 15.8 Å². The van der Waals surface area contributed by atoms with E-state index in [1.165, 1.54) is 0 Å². The summed E-state index contributed by atoms with van der Waals surface area (Å²) in [6.45, 7) is 4.87. The van der Waals surface area contributed by atoms with Gasteiger partial charge in [-0.25, -0.2) is 4.79 Å². The van der Waals surface area contributed by atoms with Gasteiger partial charge in [0, 0.05) is 0 Å². The number of rotatable bonds is 4. The third-order valence-corrected chi connectivity index (χ3v) is 1.87. The van der Waals surface area contributed by atoms with Gasteiger partial charge in [0.2, 0.25) is 0 Å². The van der Waals surface area contributed by atoms with Gasteiger partial charge in [0.15, 0.2) is 0 Å². The van der Waals surface area contributed by atoms with Crippen LogP contribution in [-0.2, 0) is 0 Å². The largest absolute Gasteiger partial charge is 0.492 e. The molecule has 4 nitrogen and oxygen atoms in total. The number of nitrogens with one attached hydrogen (secondary N) is 1. The van der Waals surface area contributed by atoms with Gasteiger partial charge in [-0.15, -0.1) is 0 Å². The van der Waals surface area contributed by atoms with Crippen molar-refractivity contribution in [2.75, 3.05) is 13.2 Å². The molecule has 1 aromatic rings. The van der Waals surface area contributed by atoms with Gasteiger partial charge in [0.05, 0.1) is 6.54 Å². The zero-order valence-corrected chi connectivity index (χ0v) is 9.04. The number of nitrogens with two attached hydrogens (primary N) is 1. The van der Waals surface area contributed by atoms with Gasteiger partial charge in [-0.3, -0.25) is 0 Å². The molecule has 82 valence electrons. The molecule has 1 aromatic carbocycles. The lowest BCUT2D eigenvalue weighted by molar-refractivity contribution is 0.244. The van der Waals surface area contributed by atoms with Crippen molar-refractivity contribution >= 4 is 6.03 Å². The fourth-order valence-electron chi connectivity index (χ4n) is 1.36. The predicted molar refractivity (Wildman–Crippen MR) is 59.0 cm³/mol. The molecule has 0 aliphatic heterocycles. The molecule has 0 aliphatic carbocycles. The van der Waals surface area contributed by atoms with E-state index >= 15 is 0 Å². The third-order valence-electron chi connectivity index (χ3n) is 1.87. The molecular weight excluding hydrogens is 192 g/mol. The molecule has 0 unspecified atom stereocenters. The number of urea groups is 1. The lowest BCUT2D eigenvalue weighted by Crippen LogP contribution is -2.32. The Labute approximate surface area is 89.4 Å². The van der Waals surface area contributed by atoms with Gasteiger partial charge in [-0.2, -0.15) is 0 Å². The summed E-state index contributed by atoms with van der Waals surface area (Å²) in [6.07, 6.45) is 0. The van der Waals surface area contributed by atoms with Crippen molar-refractivity contribution in [2.45, 2.75) is 13.8 Å². The standard InChI is InChI=1S/C11H16N2O2/c1-8-5-9(2)7-10(6-8)15-4-3-13-11(12)14/h5-7H,3-4H2,1-2H3,(H3,12,13,14). The molecule has 0 atom stereocenters. The summed E-state index contributed by atoms with van der Waals surface area (Å²) in [5, 5.41) is 2.46. The first-order valence-corrected chi connectivity index (χ1v) is 4.82. The summed E-state index contributed by atoms with van der Waals surface area (Å²) >= 11 is 0. The molecule has 0 aliphatic rings. The fourth-order valence-corrected chi connectivity index (χ4v) is 1.36. The highest BCUT2D eigenvalue weighted by atomic mass is 16.5. The number of aryl methyl sites for hydroxylation is 2. The zero-order valence-electron chi connectivity index (χ0n) is 9.04. The molecular formula is C11H16N2O2. The maximum Gasteiger partial charge on any atom is 0.312 e. The average Bonchev–Trinajstić information content (AvgIpc) is 2.10. The van der Waals surface area contributed by atoms with Crippen LogP contribution in [0.1, 0.15) is 11.1 Å². The lowest BCUT2D eigenvalue weighted by Gasteiger charge is -2.08. The molecule has 4 heteroatoms. The number of ether oxygens (including phenoxy) is 1. The third kappa shape index (κ3) is 4.35. The SMILES string of the molecule is Cc1cc(C)cc(OCCNC(N)=O)c1. The van der Waals surface area contributed by atoms with Crippen LogP contribution in [0.15, 0.2) is 18.2 Å². The van der Waals surface area contributed by atoms with Crippen LogP contribution >= 0.6 is 0 Å². The van der Waals surface area contributed by atoms with Gasteiger partial charge in [-0.1, -0.05) is 6.07 Å². The Morgan fingerprint density at radius 2 is 1.93 bits per heavy atom. The van der Waals surface area contributed by atoms with Crippen molar-refractivity contribution in [1.29, 1.82) is 0 Å². The number of carbonyl (C=O) groups is 1. The van der Waals surface area contributed by atoms with E-state index in [-0.39, 0.29) is 0 Å². The Morgan fingerprint density at radius 1 is 1.33 bits per heavy atom. The molecule has 0 bridgehead atoms. The molecule has 0 spiro atoms. The summed E-state index contributed by atoms with van der Waals surface area (Å²) < 4.78 is 5.45. The van der Waals surface area contributed by atoms with Crippen molar-refractivity contribution in [2.24, 2.45) is 5.73 Å². The highest BCUT2D eigenvalue weighted by molar-refractivity contribution is 5.71. The Morgan fingerprint density at radius 3 is 2.47 bits per heavy atom. The second-order valence-electron chi connectivity index (χ2n) is 3.46. The van der Waals surface area contributed by atoms with Crippen molar-refractivity contribution in [3.63, 3.8) is 0 Å². The fraction of sp³-hybridized carbons (Fsp3) is 0.364. The van der Waals surface area contributed by atoms with Crippen LogP contribution in [0, 0.1) is 13.8 Å². The summed E-state index contributed by atoms with van der Waals surface area (Å²) in [6, 6.07) is 5.46. The number of primary amides is 1. The second kappa shape index (κ2) is 5.24. The second-order valence-corrected chi connectivity index (χ2v) is 3.46. The maximum absolute atomic E-state index is 10.4. The van der Waals surface area contributed by atoms with E-state index in [9.17, 15) is 4.79 Å². The van der Waals surface area contributed by atoms with Gasteiger partial charge in [0.1, 0.15) is 12.4 Å². The molecule has 1 rings (SSSR count). The first-order chi connectivity index (χ1) is 7.08. The first kappa shape index (κ1) is 11.4. The Balaban J connectivity index is 2.40. The van der Waals surface area contributed by atoms with E-state index in [0.29, 0.717) is 13.2 Å². The van der Waals surface area contributed by atoms with Crippen molar-refractivity contribution in [3.05, 3.63) is 29.3 Å². The quantitative estimate of drug-likeness (QED) is 0.733. The highest BCUT2D eigenvalue weighted by Crippen LogP contribution is 2.15. The molecule has 0 radical (unpaired) electrons. The molecule has 0 aromatic heterocycles.